The van der Waals surface area contributed by atoms with Crippen LogP contribution in [0, 0.1) is 0 Å². The van der Waals surface area contributed by atoms with Crippen LogP contribution in [0.25, 0.3) is 0 Å². The van der Waals surface area contributed by atoms with Crippen molar-refractivity contribution in [2.24, 2.45) is 0 Å². The molecule has 0 amide bonds. The van der Waals surface area contributed by atoms with Crippen LogP contribution in [0.1, 0.15) is 24.1 Å². The summed E-state index contributed by atoms with van der Waals surface area (Å²) in [7, 11) is 1.99. The Kier molecular flexibility index (Phi) is 5.19. The van der Waals surface area contributed by atoms with Gasteiger partial charge in [-0.05, 0) is 49.7 Å². The molecule has 0 bridgehead atoms. The number of nitrogens with one attached hydrogen (secondary N) is 1. The Morgan fingerprint density at radius 1 is 1.37 bits per heavy atom. The fourth-order valence-corrected chi connectivity index (χ4v) is 2.97. The van der Waals surface area contributed by atoms with Crippen molar-refractivity contribution in [1.29, 1.82) is 0 Å². The predicted octanol–water partition coefficient (Wildman–Crippen LogP) is 3.93. The topological polar surface area (TPSA) is 29.9 Å². The molecule has 1 N–H and O–H groups in total. The van der Waals surface area contributed by atoms with E-state index in [9.17, 15) is 0 Å². The van der Waals surface area contributed by atoms with Crippen LogP contribution in [0.2, 0.25) is 0 Å². The Hall–Kier alpha value is -0.650. The zero-order chi connectivity index (χ0) is 13.8. The van der Waals surface area contributed by atoms with Crippen molar-refractivity contribution in [3.63, 3.8) is 0 Å². The molecular formula is C14H17Br2N3. The van der Waals surface area contributed by atoms with Gasteiger partial charge in [0.15, 0.2) is 0 Å². The first-order valence-corrected chi connectivity index (χ1v) is 7.86. The summed E-state index contributed by atoms with van der Waals surface area (Å²) in [6.45, 7) is 3.00. The maximum Gasteiger partial charge on any atom is 0.0522 e. The van der Waals surface area contributed by atoms with Crippen molar-refractivity contribution in [1.82, 2.24) is 15.1 Å². The molecule has 1 aromatic carbocycles. The van der Waals surface area contributed by atoms with Gasteiger partial charge >= 0.3 is 0 Å². The summed E-state index contributed by atoms with van der Waals surface area (Å²) >= 11 is 7.15. The molecule has 0 radical (unpaired) electrons. The Labute approximate surface area is 130 Å². The van der Waals surface area contributed by atoms with E-state index in [-0.39, 0.29) is 6.04 Å². The third kappa shape index (κ3) is 3.68. The van der Waals surface area contributed by atoms with Crippen LogP contribution in [0.15, 0.2) is 39.5 Å². The lowest BCUT2D eigenvalue weighted by Crippen LogP contribution is -2.19. The van der Waals surface area contributed by atoms with Crippen molar-refractivity contribution in [3.05, 3.63) is 50.7 Å². The van der Waals surface area contributed by atoms with E-state index in [2.05, 4.69) is 67.5 Å². The molecule has 0 saturated heterocycles. The predicted molar refractivity (Wildman–Crippen MR) is 85.2 cm³/mol. The zero-order valence-corrected chi connectivity index (χ0v) is 14.2. The minimum Gasteiger partial charge on any atom is -0.313 e. The van der Waals surface area contributed by atoms with Gasteiger partial charge in [0.25, 0.3) is 0 Å². The van der Waals surface area contributed by atoms with Crippen molar-refractivity contribution < 1.29 is 0 Å². The molecular weight excluding hydrogens is 370 g/mol. The number of hydrogen-bond acceptors (Lipinski definition) is 2. The first-order valence-electron chi connectivity index (χ1n) is 6.27. The smallest absolute Gasteiger partial charge is 0.0522 e. The average molecular weight is 387 g/mol. The molecule has 0 aliphatic heterocycles. The largest absolute Gasteiger partial charge is 0.313 e. The van der Waals surface area contributed by atoms with Gasteiger partial charge < -0.3 is 5.32 Å². The van der Waals surface area contributed by atoms with Gasteiger partial charge in [-0.1, -0.05) is 31.9 Å². The van der Waals surface area contributed by atoms with Gasteiger partial charge in [-0.25, -0.2) is 0 Å². The molecule has 2 rings (SSSR count). The molecule has 0 saturated carbocycles. The van der Waals surface area contributed by atoms with Crippen molar-refractivity contribution in [3.8, 4) is 0 Å². The lowest BCUT2D eigenvalue weighted by molar-refractivity contribution is 0.588. The molecule has 1 unspecified atom stereocenters. The summed E-state index contributed by atoms with van der Waals surface area (Å²) in [5.74, 6) is 0. The minimum atomic E-state index is 0.265. The van der Waals surface area contributed by atoms with Crippen LogP contribution in [-0.4, -0.2) is 16.8 Å². The highest BCUT2D eigenvalue weighted by molar-refractivity contribution is 9.11. The number of halogens is 2. The highest BCUT2D eigenvalue weighted by Crippen LogP contribution is 2.28. The Balaban J connectivity index is 2.22. The van der Waals surface area contributed by atoms with Crippen LogP contribution >= 0.6 is 31.9 Å². The third-order valence-corrected chi connectivity index (χ3v) is 4.35. The number of hydrogen-bond donors (Lipinski definition) is 1. The van der Waals surface area contributed by atoms with Gasteiger partial charge in [-0.2, -0.15) is 5.10 Å². The second-order valence-electron chi connectivity index (χ2n) is 4.42. The Morgan fingerprint density at radius 3 is 2.79 bits per heavy atom. The van der Waals surface area contributed by atoms with Gasteiger partial charge in [0, 0.05) is 27.7 Å². The van der Waals surface area contributed by atoms with E-state index >= 15 is 0 Å². The van der Waals surface area contributed by atoms with Crippen LogP contribution in [0.5, 0.6) is 0 Å². The molecule has 0 aliphatic rings. The summed E-state index contributed by atoms with van der Waals surface area (Å²) in [4.78, 5) is 0. The summed E-state index contributed by atoms with van der Waals surface area (Å²) in [6.07, 6.45) is 4.97. The normalized spacial score (nSPS) is 12.6. The molecule has 19 heavy (non-hydrogen) atoms. The molecule has 1 heterocycles. The van der Waals surface area contributed by atoms with E-state index in [0.717, 1.165) is 21.9 Å². The Bertz CT molecular complexity index is 551. The second kappa shape index (κ2) is 6.68. The van der Waals surface area contributed by atoms with Crippen LogP contribution < -0.4 is 5.32 Å². The molecule has 2 aromatic rings. The van der Waals surface area contributed by atoms with Gasteiger partial charge in [0.05, 0.1) is 6.20 Å². The van der Waals surface area contributed by atoms with Gasteiger partial charge in [0.2, 0.25) is 0 Å². The molecule has 3 nitrogen and oxygen atoms in total. The maximum absolute atomic E-state index is 4.32. The minimum absolute atomic E-state index is 0.265. The van der Waals surface area contributed by atoms with Gasteiger partial charge in [-0.15, -0.1) is 0 Å². The van der Waals surface area contributed by atoms with E-state index in [1.54, 1.807) is 0 Å². The SMILES string of the molecule is CCn1cc(CC(NC)c2cc(Br)ccc2Br)cn1. The van der Waals surface area contributed by atoms with Crippen molar-refractivity contribution in [2.75, 3.05) is 7.05 Å². The van der Waals surface area contributed by atoms with Gasteiger partial charge in [0.1, 0.15) is 0 Å². The highest BCUT2D eigenvalue weighted by atomic mass is 79.9. The molecule has 102 valence electrons. The quantitative estimate of drug-likeness (QED) is 0.843. The number of rotatable bonds is 5. The van der Waals surface area contributed by atoms with Crippen LogP contribution in [-0.2, 0) is 13.0 Å². The molecule has 5 heteroatoms. The number of likely N-dealkylation sites (N-methyl/N-ethyl adjacent to an activating group) is 1. The molecule has 0 spiro atoms. The summed E-state index contributed by atoms with van der Waals surface area (Å²) in [6, 6.07) is 6.52. The number of nitrogens with zero attached hydrogens (tertiary/aromatic N) is 2. The Morgan fingerprint density at radius 2 is 2.16 bits per heavy atom. The number of benzene rings is 1. The molecule has 0 aliphatic carbocycles. The van der Waals surface area contributed by atoms with Crippen LogP contribution in [0.4, 0.5) is 0 Å². The van der Waals surface area contributed by atoms with Crippen molar-refractivity contribution >= 4 is 31.9 Å². The second-order valence-corrected chi connectivity index (χ2v) is 6.19. The fraction of sp³-hybridized carbons (Fsp3) is 0.357. The molecule has 1 aromatic heterocycles. The summed E-state index contributed by atoms with van der Waals surface area (Å²) in [5, 5.41) is 7.70. The molecule has 1 atom stereocenters. The zero-order valence-electron chi connectivity index (χ0n) is 11.0. The van der Waals surface area contributed by atoms with E-state index in [0.29, 0.717) is 0 Å². The number of aromatic nitrogens is 2. The first-order chi connectivity index (χ1) is 9.13. The van der Waals surface area contributed by atoms with Crippen LogP contribution in [0.3, 0.4) is 0 Å². The van der Waals surface area contributed by atoms with Crippen molar-refractivity contribution in [2.45, 2.75) is 25.9 Å². The molecule has 0 fully saturated rings. The monoisotopic (exact) mass is 385 g/mol. The highest BCUT2D eigenvalue weighted by Gasteiger charge is 2.14. The van der Waals surface area contributed by atoms with E-state index in [4.69, 9.17) is 0 Å². The average Bonchev–Trinajstić information content (AvgIpc) is 2.87. The summed E-state index contributed by atoms with van der Waals surface area (Å²) in [5.41, 5.74) is 2.49. The van der Waals surface area contributed by atoms with Gasteiger partial charge in [-0.3, -0.25) is 4.68 Å². The first kappa shape index (κ1) is 14.8. The summed E-state index contributed by atoms with van der Waals surface area (Å²) < 4.78 is 4.17. The number of aryl methyl sites for hydroxylation is 1. The standard InChI is InChI=1S/C14H17Br2N3/c1-3-19-9-10(8-18-19)6-14(17-2)12-7-11(15)4-5-13(12)16/h4-5,7-9,14,17H,3,6H2,1-2H3. The lowest BCUT2D eigenvalue weighted by Gasteiger charge is -2.17. The fourth-order valence-electron chi connectivity index (χ4n) is 2.07. The maximum atomic E-state index is 4.32. The lowest BCUT2D eigenvalue weighted by atomic mass is 10.0. The third-order valence-electron chi connectivity index (χ3n) is 3.13. The van der Waals surface area contributed by atoms with E-state index in [1.807, 2.05) is 24.0 Å². The van der Waals surface area contributed by atoms with E-state index < -0.39 is 0 Å². The van der Waals surface area contributed by atoms with E-state index in [1.165, 1.54) is 11.1 Å².